The number of esters is 1. The summed E-state index contributed by atoms with van der Waals surface area (Å²) in [7, 11) is 0. The van der Waals surface area contributed by atoms with Crippen LogP contribution in [0.1, 0.15) is 27.6 Å². The fourth-order valence-corrected chi connectivity index (χ4v) is 1.75. The first-order valence-corrected chi connectivity index (χ1v) is 7.63. The molecule has 0 aliphatic carbocycles. The fraction of sp³-hybridized carbons (Fsp3) is 0.158. The van der Waals surface area contributed by atoms with E-state index in [9.17, 15) is 23.2 Å². The van der Waals surface area contributed by atoms with Crippen LogP contribution in [0.15, 0.2) is 48.5 Å². The monoisotopic (exact) mass is 383 g/mol. The number of carbonyl (C=O) groups is 3. The Morgan fingerprint density at radius 3 is 1.58 bits per heavy atom. The molecule has 2 rings (SSSR count). The highest BCUT2D eigenvalue weighted by Gasteiger charge is 2.07. The summed E-state index contributed by atoms with van der Waals surface area (Å²) in [6.45, 7) is 0.916. The van der Waals surface area contributed by atoms with Crippen molar-refractivity contribution in [2.75, 3.05) is 12.5 Å². The molecule has 26 heavy (non-hydrogen) atoms. The van der Waals surface area contributed by atoms with E-state index < -0.39 is 11.8 Å². The summed E-state index contributed by atoms with van der Waals surface area (Å²) < 4.78 is 29.3. The molecule has 7 heteroatoms. The first-order valence-electron chi connectivity index (χ1n) is 7.10. The second-order valence-electron chi connectivity index (χ2n) is 4.77. The van der Waals surface area contributed by atoms with E-state index >= 15 is 0 Å². The molecule has 2 aromatic carbocycles. The first kappa shape index (κ1) is 23.4. The van der Waals surface area contributed by atoms with E-state index in [0.29, 0.717) is 11.1 Å². The van der Waals surface area contributed by atoms with E-state index in [-0.39, 0.29) is 37.3 Å². The Morgan fingerprint density at radius 1 is 0.846 bits per heavy atom. The van der Waals surface area contributed by atoms with E-state index in [1.807, 2.05) is 0 Å². The van der Waals surface area contributed by atoms with Crippen molar-refractivity contribution in [1.29, 1.82) is 0 Å². The number of ether oxygens (including phenoxy) is 1. The number of alkyl halides is 1. The maximum atomic E-state index is 12.5. The molecule has 0 amide bonds. The van der Waals surface area contributed by atoms with Gasteiger partial charge in [-0.05, 0) is 48.5 Å². The van der Waals surface area contributed by atoms with Crippen LogP contribution < -0.4 is 0 Å². The van der Waals surface area contributed by atoms with Gasteiger partial charge in [0.1, 0.15) is 11.6 Å². The highest BCUT2D eigenvalue weighted by atomic mass is 35.5. The number of halogens is 3. The van der Waals surface area contributed by atoms with E-state index in [4.69, 9.17) is 11.6 Å². The number of hydrogen-bond donors (Lipinski definition) is 0. The van der Waals surface area contributed by atoms with Crippen LogP contribution in [0.3, 0.4) is 0 Å². The lowest BCUT2D eigenvalue weighted by Gasteiger charge is -2.00. The van der Waals surface area contributed by atoms with Gasteiger partial charge in [0.05, 0.1) is 5.88 Å². The minimum Gasteiger partial charge on any atom is -0.457 e. The Labute approximate surface area is 155 Å². The van der Waals surface area contributed by atoms with Crippen LogP contribution in [0.25, 0.3) is 0 Å². The topological polar surface area (TPSA) is 60.4 Å². The average Bonchev–Trinajstić information content (AvgIpc) is 2.60. The lowest BCUT2D eigenvalue weighted by Crippen LogP contribution is -2.11. The van der Waals surface area contributed by atoms with Crippen molar-refractivity contribution < 1.29 is 27.9 Å². The summed E-state index contributed by atoms with van der Waals surface area (Å²) in [4.78, 5) is 32.5. The van der Waals surface area contributed by atoms with Crippen LogP contribution in [0.5, 0.6) is 0 Å². The maximum absolute atomic E-state index is 12.5. The van der Waals surface area contributed by atoms with Gasteiger partial charge in [-0.25, -0.2) is 8.78 Å². The van der Waals surface area contributed by atoms with Gasteiger partial charge in [0, 0.05) is 18.1 Å². The van der Waals surface area contributed by atoms with Crippen LogP contribution in [-0.4, -0.2) is 30.0 Å². The third kappa shape index (κ3) is 8.48. The van der Waals surface area contributed by atoms with Crippen LogP contribution in [-0.2, 0) is 9.53 Å². The molecule has 0 atom stereocenters. The summed E-state index contributed by atoms with van der Waals surface area (Å²) in [6.07, 6.45) is 0. The van der Waals surface area contributed by atoms with Gasteiger partial charge >= 0.3 is 5.97 Å². The second kappa shape index (κ2) is 11.9. The Bertz CT molecular complexity index is 728. The molecule has 0 aromatic heterocycles. The van der Waals surface area contributed by atoms with Crippen molar-refractivity contribution >= 4 is 29.1 Å². The lowest BCUT2D eigenvalue weighted by molar-refractivity contribution is -0.139. The summed E-state index contributed by atoms with van der Waals surface area (Å²) in [5.74, 6) is -1.87. The molecule has 4 nitrogen and oxygen atoms in total. The third-order valence-corrected chi connectivity index (χ3v) is 3.10. The standard InChI is InChI=1S/C10H9FO3.C8H6ClFO.CH3/c1-7(12)14-6-10(13)8-2-4-9(11)5-3-8;9-5-8(11)6-1-3-7(10)4-2-6;/h2-5H,6H2,1H3;1-4H,5H2;1H3/q;;-1. The summed E-state index contributed by atoms with van der Waals surface area (Å²) >= 11 is 5.28. The molecule has 0 unspecified atom stereocenters. The average molecular weight is 384 g/mol. The van der Waals surface area contributed by atoms with Crippen LogP contribution >= 0.6 is 11.6 Å². The number of Topliss-reactive ketones (excluding diaryl/α,β-unsaturated/α-hetero) is 2. The normalized spacial score (nSPS) is 9.23. The number of benzene rings is 2. The first-order chi connectivity index (χ1) is 11.8. The van der Waals surface area contributed by atoms with Gasteiger partial charge in [0.25, 0.3) is 0 Å². The number of rotatable bonds is 5. The smallest absolute Gasteiger partial charge is 0.303 e. The molecule has 0 N–H and O–H groups in total. The zero-order valence-electron chi connectivity index (χ0n) is 14.3. The zero-order chi connectivity index (χ0) is 18.8. The van der Waals surface area contributed by atoms with Gasteiger partial charge in [0.15, 0.2) is 18.2 Å². The van der Waals surface area contributed by atoms with Crippen LogP contribution in [0.2, 0.25) is 0 Å². The molecule has 140 valence electrons. The van der Waals surface area contributed by atoms with Gasteiger partial charge in [-0.1, -0.05) is 0 Å². The highest BCUT2D eigenvalue weighted by Crippen LogP contribution is 2.04. The van der Waals surface area contributed by atoms with E-state index in [0.717, 1.165) is 0 Å². The lowest BCUT2D eigenvalue weighted by atomic mass is 10.1. The van der Waals surface area contributed by atoms with Gasteiger partial charge in [-0.2, -0.15) is 0 Å². The molecule has 2 aromatic rings. The molecule has 0 saturated carbocycles. The molecule has 0 aliphatic heterocycles. The van der Waals surface area contributed by atoms with E-state index in [2.05, 4.69) is 4.74 Å². The molecular weight excluding hydrogens is 366 g/mol. The SMILES string of the molecule is CC(=O)OCC(=O)c1ccc(F)cc1.O=C(CCl)c1ccc(F)cc1.[CH3-]. The number of hydrogen-bond acceptors (Lipinski definition) is 4. The minimum absolute atomic E-state index is 0. The van der Waals surface area contributed by atoms with Crippen molar-refractivity contribution in [3.8, 4) is 0 Å². The van der Waals surface area contributed by atoms with E-state index in [1.165, 1.54) is 55.5 Å². The predicted octanol–water partition coefficient (Wildman–Crippen LogP) is 4.27. The molecule has 0 saturated heterocycles. The Kier molecular flexibility index (Phi) is 10.7. The van der Waals surface area contributed by atoms with Crippen molar-refractivity contribution in [2.45, 2.75) is 6.92 Å². The summed E-state index contributed by atoms with van der Waals surface area (Å²) in [5, 5.41) is 0. The van der Waals surface area contributed by atoms with Crippen LogP contribution in [0, 0.1) is 19.1 Å². The zero-order valence-corrected chi connectivity index (χ0v) is 15.1. The molecular formula is C19H18ClF2O4-. The van der Waals surface area contributed by atoms with Crippen molar-refractivity contribution in [1.82, 2.24) is 0 Å². The molecule has 0 spiro atoms. The van der Waals surface area contributed by atoms with Gasteiger partial charge in [-0.3, -0.25) is 14.4 Å². The van der Waals surface area contributed by atoms with E-state index in [1.54, 1.807) is 0 Å². The summed E-state index contributed by atoms with van der Waals surface area (Å²) in [6, 6.07) is 10.4. The Morgan fingerprint density at radius 2 is 1.23 bits per heavy atom. The maximum Gasteiger partial charge on any atom is 0.303 e. The summed E-state index contributed by atoms with van der Waals surface area (Å²) in [5.41, 5.74) is 0.772. The van der Waals surface area contributed by atoms with Gasteiger partial charge in [-0.15, -0.1) is 11.6 Å². The molecule has 0 bridgehead atoms. The van der Waals surface area contributed by atoms with Crippen molar-refractivity contribution in [3.63, 3.8) is 0 Å². The van der Waals surface area contributed by atoms with Gasteiger partial charge < -0.3 is 12.2 Å². The molecule has 0 radical (unpaired) electrons. The molecule has 0 heterocycles. The number of ketones is 2. The molecule has 0 aliphatic rings. The fourth-order valence-electron chi connectivity index (χ4n) is 1.60. The molecule has 0 fully saturated rings. The van der Waals surface area contributed by atoms with Crippen molar-refractivity contribution in [2.24, 2.45) is 0 Å². The highest BCUT2D eigenvalue weighted by molar-refractivity contribution is 6.30. The Hall–Kier alpha value is -2.60. The van der Waals surface area contributed by atoms with Crippen LogP contribution in [0.4, 0.5) is 8.78 Å². The Balaban J connectivity index is 0.000000475. The number of carbonyl (C=O) groups excluding carboxylic acids is 3. The predicted molar refractivity (Wildman–Crippen MR) is 95.2 cm³/mol. The van der Waals surface area contributed by atoms with Gasteiger partial charge in [0.2, 0.25) is 0 Å². The van der Waals surface area contributed by atoms with Crippen molar-refractivity contribution in [3.05, 3.63) is 78.7 Å². The third-order valence-electron chi connectivity index (χ3n) is 2.86. The second-order valence-corrected chi connectivity index (χ2v) is 5.04. The quantitative estimate of drug-likeness (QED) is 0.335. The minimum atomic E-state index is -0.513. The largest absolute Gasteiger partial charge is 0.457 e.